The minimum atomic E-state index is -0.195. The number of halogens is 2. The Morgan fingerprint density at radius 2 is 1.68 bits per heavy atom. The highest BCUT2D eigenvalue weighted by molar-refractivity contribution is 9.10. The van der Waals surface area contributed by atoms with Crippen LogP contribution in [0.5, 0.6) is 0 Å². The molecule has 100 valence electrons. The van der Waals surface area contributed by atoms with Crippen LogP contribution in [0.25, 0.3) is 0 Å². The van der Waals surface area contributed by atoms with Gasteiger partial charge in [0.2, 0.25) is 0 Å². The van der Waals surface area contributed by atoms with Crippen LogP contribution in [0.2, 0.25) is 5.02 Å². The molecule has 0 aliphatic heterocycles. The van der Waals surface area contributed by atoms with E-state index in [4.69, 9.17) is 17.3 Å². The number of benzene rings is 2. The van der Waals surface area contributed by atoms with Crippen LogP contribution in [-0.2, 0) is 0 Å². The first-order chi connectivity index (χ1) is 8.91. The van der Waals surface area contributed by atoms with Crippen LogP contribution in [0.4, 0.5) is 0 Å². The number of nitrogens with two attached hydrogens (primary N) is 1. The van der Waals surface area contributed by atoms with Crippen LogP contribution in [0, 0.1) is 20.8 Å². The molecule has 19 heavy (non-hydrogen) atoms. The smallest absolute Gasteiger partial charge is 0.0569 e. The van der Waals surface area contributed by atoms with Crippen molar-refractivity contribution in [1.29, 1.82) is 0 Å². The summed E-state index contributed by atoms with van der Waals surface area (Å²) in [5.74, 6) is 0. The van der Waals surface area contributed by atoms with Crippen molar-refractivity contribution in [3.05, 3.63) is 67.6 Å². The third-order valence-corrected chi connectivity index (χ3v) is 4.81. The maximum absolute atomic E-state index is 6.41. The molecule has 0 saturated carbocycles. The highest BCUT2D eigenvalue weighted by Crippen LogP contribution is 2.32. The third-order valence-electron chi connectivity index (χ3n) is 3.44. The van der Waals surface area contributed by atoms with Crippen LogP contribution in [-0.4, -0.2) is 0 Å². The van der Waals surface area contributed by atoms with E-state index in [1.807, 2.05) is 25.1 Å². The number of hydrogen-bond donors (Lipinski definition) is 1. The van der Waals surface area contributed by atoms with Gasteiger partial charge in [0.25, 0.3) is 0 Å². The molecule has 0 aliphatic rings. The van der Waals surface area contributed by atoms with Crippen LogP contribution in [0.3, 0.4) is 0 Å². The van der Waals surface area contributed by atoms with E-state index in [9.17, 15) is 0 Å². The Bertz CT molecular complexity index is 622. The molecule has 0 radical (unpaired) electrons. The molecule has 3 heteroatoms. The van der Waals surface area contributed by atoms with Gasteiger partial charge in [0, 0.05) is 9.50 Å². The normalized spacial score (nSPS) is 12.5. The maximum Gasteiger partial charge on any atom is 0.0569 e. The SMILES string of the molecule is Cc1cc(C(N)c2cccc(C)c2Cl)c(C)cc1Br. The molecular weight excluding hydrogens is 322 g/mol. The molecule has 0 saturated heterocycles. The summed E-state index contributed by atoms with van der Waals surface area (Å²) < 4.78 is 1.11. The highest BCUT2D eigenvalue weighted by Gasteiger charge is 2.16. The van der Waals surface area contributed by atoms with Crippen molar-refractivity contribution in [2.75, 3.05) is 0 Å². The van der Waals surface area contributed by atoms with Crippen molar-refractivity contribution in [3.8, 4) is 0 Å². The van der Waals surface area contributed by atoms with Crippen LogP contribution >= 0.6 is 27.5 Å². The Kier molecular flexibility index (Phi) is 4.34. The Hall–Kier alpha value is -0.830. The van der Waals surface area contributed by atoms with E-state index in [1.165, 1.54) is 11.1 Å². The second-order valence-corrected chi connectivity index (χ2v) is 6.15. The molecule has 0 heterocycles. The Balaban J connectivity index is 2.53. The average Bonchev–Trinajstić information content (AvgIpc) is 2.36. The molecule has 1 atom stereocenters. The average molecular weight is 339 g/mol. The Morgan fingerprint density at radius 3 is 2.37 bits per heavy atom. The lowest BCUT2D eigenvalue weighted by Gasteiger charge is -2.19. The minimum Gasteiger partial charge on any atom is -0.320 e. The zero-order valence-electron chi connectivity index (χ0n) is 11.3. The first kappa shape index (κ1) is 14.6. The molecule has 0 bridgehead atoms. The first-order valence-corrected chi connectivity index (χ1v) is 7.36. The van der Waals surface area contributed by atoms with Crippen molar-refractivity contribution in [2.45, 2.75) is 26.8 Å². The summed E-state index contributed by atoms with van der Waals surface area (Å²) in [6.07, 6.45) is 0. The van der Waals surface area contributed by atoms with Gasteiger partial charge in [-0.05, 0) is 54.7 Å². The zero-order chi connectivity index (χ0) is 14.2. The van der Waals surface area contributed by atoms with Crippen molar-refractivity contribution in [2.24, 2.45) is 5.73 Å². The van der Waals surface area contributed by atoms with Gasteiger partial charge in [-0.3, -0.25) is 0 Å². The molecular formula is C16H17BrClN. The van der Waals surface area contributed by atoms with E-state index >= 15 is 0 Å². The third kappa shape index (κ3) is 2.86. The van der Waals surface area contributed by atoms with Crippen molar-refractivity contribution in [1.82, 2.24) is 0 Å². The van der Waals surface area contributed by atoms with Crippen molar-refractivity contribution in [3.63, 3.8) is 0 Å². The topological polar surface area (TPSA) is 26.0 Å². The fourth-order valence-corrected chi connectivity index (χ4v) is 2.92. The molecule has 2 rings (SSSR count). The van der Waals surface area contributed by atoms with E-state index < -0.39 is 0 Å². The summed E-state index contributed by atoms with van der Waals surface area (Å²) in [5, 5.41) is 0.759. The van der Waals surface area contributed by atoms with E-state index in [-0.39, 0.29) is 6.04 Å². The van der Waals surface area contributed by atoms with Gasteiger partial charge < -0.3 is 5.73 Å². The predicted octanol–water partition coefficient (Wildman–Crippen LogP) is 5.08. The largest absolute Gasteiger partial charge is 0.320 e. The molecule has 2 N–H and O–H groups in total. The molecule has 0 fully saturated rings. The van der Waals surface area contributed by atoms with Gasteiger partial charge in [0.05, 0.1) is 6.04 Å². The highest BCUT2D eigenvalue weighted by atomic mass is 79.9. The van der Waals surface area contributed by atoms with Gasteiger partial charge in [-0.25, -0.2) is 0 Å². The van der Waals surface area contributed by atoms with Gasteiger partial charge in [-0.1, -0.05) is 51.8 Å². The molecule has 1 nitrogen and oxygen atoms in total. The van der Waals surface area contributed by atoms with Crippen LogP contribution < -0.4 is 5.73 Å². The Morgan fingerprint density at radius 1 is 1.00 bits per heavy atom. The van der Waals surface area contributed by atoms with E-state index in [2.05, 4.69) is 41.9 Å². The molecule has 2 aromatic rings. The van der Waals surface area contributed by atoms with Crippen LogP contribution in [0.15, 0.2) is 34.8 Å². The molecule has 2 aromatic carbocycles. The monoisotopic (exact) mass is 337 g/mol. The first-order valence-electron chi connectivity index (χ1n) is 6.19. The predicted molar refractivity (Wildman–Crippen MR) is 85.8 cm³/mol. The summed E-state index contributed by atoms with van der Waals surface area (Å²) in [4.78, 5) is 0. The molecule has 1 unspecified atom stereocenters. The number of hydrogen-bond acceptors (Lipinski definition) is 1. The van der Waals surface area contributed by atoms with Crippen LogP contribution in [0.1, 0.15) is 33.9 Å². The fraction of sp³-hybridized carbons (Fsp3) is 0.250. The molecule has 0 spiro atoms. The summed E-state index contributed by atoms with van der Waals surface area (Å²) in [5.41, 5.74) is 11.9. The quantitative estimate of drug-likeness (QED) is 0.812. The van der Waals surface area contributed by atoms with Crippen molar-refractivity contribution < 1.29 is 0 Å². The summed E-state index contributed by atoms with van der Waals surface area (Å²) >= 11 is 9.92. The number of aryl methyl sites for hydroxylation is 3. The second kappa shape index (κ2) is 5.66. The zero-order valence-corrected chi connectivity index (χ0v) is 13.6. The van der Waals surface area contributed by atoms with E-state index in [1.54, 1.807) is 0 Å². The fourth-order valence-electron chi connectivity index (χ4n) is 2.22. The lowest BCUT2D eigenvalue weighted by molar-refractivity contribution is 0.857. The lowest BCUT2D eigenvalue weighted by atomic mass is 9.93. The van der Waals surface area contributed by atoms with Gasteiger partial charge in [-0.15, -0.1) is 0 Å². The minimum absolute atomic E-state index is 0.195. The maximum atomic E-state index is 6.41. The van der Waals surface area contributed by atoms with E-state index in [0.29, 0.717) is 0 Å². The Labute approximate surface area is 127 Å². The number of rotatable bonds is 2. The van der Waals surface area contributed by atoms with Gasteiger partial charge in [0.1, 0.15) is 0 Å². The lowest BCUT2D eigenvalue weighted by Crippen LogP contribution is -2.14. The second-order valence-electron chi connectivity index (χ2n) is 4.91. The molecule has 0 aliphatic carbocycles. The van der Waals surface area contributed by atoms with Gasteiger partial charge in [0.15, 0.2) is 0 Å². The van der Waals surface area contributed by atoms with Gasteiger partial charge in [-0.2, -0.15) is 0 Å². The van der Waals surface area contributed by atoms with Gasteiger partial charge >= 0.3 is 0 Å². The summed E-state index contributed by atoms with van der Waals surface area (Å²) in [6.45, 7) is 6.14. The van der Waals surface area contributed by atoms with E-state index in [0.717, 1.165) is 26.2 Å². The van der Waals surface area contributed by atoms with Crippen molar-refractivity contribution >= 4 is 27.5 Å². The summed E-state index contributed by atoms with van der Waals surface area (Å²) in [6, 6.07) is 10.0. The summed E-state index contributed by atoms with van der Waals surface area (Å²) in [7, 11) is 0. The standard InChI is InChI=1S/C16H17BrClN/c1-9-5-4-6-12(15(9)18)16(19)13-7-11(3)14(17)8-10(13)2/h4-8,16H,19H2,1-3H3. The molecule has 0 amide bonds. The molecule has 0 aromatic heterocycles.